The topological polar surface area (TPSA) is 68.2 Å². The van der Waals surface area contributed by atoms with Crippen LogP contribution in [0.3, 0.4) is 0 Å². The highest BCUT2D eigenvalue weighted by Gasteiger charge is 2.17. The molecular formula is C14H21NO5. The van der Waals surface area contributed by atoms with Crippen LogP contribution in [0.4, 0.5) is 0 Å². The van der Waals surface area contributed by atoms with Crippen molar-refractivity contribution in [2.75, 3.05) is 41.5 Å². The van der Waals surface area contributed by atoms with E-state index in [0.717, 1.165) is 0 Å². The van der Waals surface area contributed by atoms with E-state index in [2.05, 4.69) is 0 Å². The van der Waals surface area contributed by atoms with Gasteiger partial charge in [-0.05, 0) is 12.1 Å². The van der Waals surface area contributed by atoms with E-state index < -0.39 is 6.10 Å². The largest absolute Gasteiger partial charge is 0.497 e. The average Bonchev–Trinajstić information content (AvgIpc) is 2.45. The number of benzene rings is 1. The van der Waals surface area contributed by atoms with Crippen molar-refractivity contribution >= 4 is 5.91 Å². The molecule has 1 unspecified atom stereocenters. The van der Waals surface area contributed by atoms with Crippen LogP contribution in [-0.4, -0.2) is 63.5 Å². The first-order valence-electron chi connectivity index (χ1n) is 6.17. The van der Waals surface area contributed by atoms with Crippen LogP contribution in [0.25, 0.3) is 0 Å². The summed E-state index contributed by atoms with van der Waals surface area (Å²) in [6.07, 6.45) is -0.721. The van der Waals surface area contributed by atoms with Gasteiger partial charge >= 0.3 is 0 Å². The van der Waals surface area contributed by atoms with Crippen molar-refractivity contribution in [2.24, 2.45) is 0 Å². The number of hydrogen-bond donors (Lipinski definition) is 1. The molecule has 1 atom stereocenters. The van der Waals surface area contributed by atoms with Gasteiger partial charge in [0.25, 0.3) is 5.91 Å². The summed E-state index contributed by atoms with van der Waals surface area (Å²) in [4.78, 5) is 13.7. The van der Waals surface area contributed by atoms with Crippen molar-refractivity contribution < 1.29 is 24.1 Å². The smallest absolute Gasteiger partial charge is 0.253 e. The summed E-state index contributed by atoms with van der Waals surface area (Å²) in [6, 6.07) is 4.95. The Morgan fingerprint density at radius 2 is 1.75 bits per heavy atom. The fourth-order valence-corrected chi connectivity index (χ4v) is 1.80. The number of aliphatic hydroxyl groups is 1. The first kappa shape index (κ1) is 16.3. The normalized spacial score (nSPS) is 11.8. The maximum absolute atomic E-state index is 12.3. The molecule has 1 aromatic carbocycles. The second kappa shape index (κ2) is 7.72. The molecule has 0 radical (unpaired) electrons. The summed E-state index contributed by atoms with van der Waals surface area (Å²) in [5.41, 5.74) is 0.438. The van der Waals surface area contributed by atoms with E-state index >= 15 is 0 Å². The molecule has 0 saturated carbocycles. The third-order valence-electron chi connectivity index (χ3n) is 2.79. The van der Waals surface area contributed by atoms with E-state index in [1.807, 2.05) is 0 Å². The van der Waals surface area contributed by atoms with E-state index in [1.54, 1.807) is 25.2 Å². The Morgan fingerprint density at radius 3 is 2.20 bits per heavy atom. The lowest BCUT2D eigenvalue weighted by molar-refractivity contribution is 0.0380. The second-order valence-corrected chi connectivity index (χ2v) is 4.40. The second-order valence-electron chi connectivity index (χ2n) is 4.40. The molecule has 6 nitrogen and oxygen atoms in total. The first-order valence-corrected chi connectivity index (χ1v) is 6.17. The van der Waals surface area contributed by atoms with Crippen LogP contribution in [0.1, 0.15) is 10.4 Å². The molecule has 0 aliphatic heterocycles. The van der Waals surface area contributed by atoms with Gasteiger partial charge in [-0.3, -0.25) is 4.79 Å². The van der Waals surface area contributed by atoms with Gasteiger partial charge in [0, 0.05) is 32.3 Å². The highest BCUT2D eigenvalue weighted by molar-refractivity contribution is 5.95. The van der Waals surface area contributed by atoms with Gasteiger partial charge in [0.1, 0.15) is 11.5 Å². The number of hydrogen-bond acceptors (Lipinski definition) is 5. The number of carbonyl (C=O) groups is 1. The van der Waals surface area contributed by atoms with Crippen molar-refractivity contribution in [2.45, 2.75) is 6.10 Å². The summed E-state index contributed by atoms with van der Waals surface area (Å²) in [5.74, 6) is 0.856. The molecule has 1 amide bonds. The zero-order chi connectivity index (χ0) is 15.1. The van der Waals surface area contributed by atoms with Crippen molar-refractivity contribution in [3.05, 3.63) is 23.8 Å². The van der Waals surface area contributed by atoms with Crippen LogP contribution in [0, 0.1) is 0 Å². The Morgan fingerprint density at radius 1 is 1.20 bits per heavy atom. The Kier molecular flexibility index (Phi) is 6.27. The molecule has 0 aromatic heterocycles. The monoisotopic (exact) mass is 283 g/mol. The number of nitrogens with zero attached hydrogens (tertiary/aromatic N) is 1. The highest BCUT2D eigenvalue weighted by Crippen LogP contribution is 2.23. The number of aliphatic hydroxyl groups excluding tert-OH is 1. The predicted octanol–water partition coefficient (Wildman–Crippen LogP) is 0.783. The van der Waals surface area contributed by atoms with E-state index in [0.29, 0.717) is 17.1 Å². The lowest BCUT2D eigenvalue weighted by Gasteiger charge is -2.21. The van der Waals surface area contributed by atoms with Crippen LogP contribution in [0.15, 0.2) is 18.2 Å². The van der Waals surface area contributed by atoms with Gasteiger partial charge in [0.05, 0.1) is 26.9 Å². The van der Waals surface area contributed by atoms with Crippen LogP contribution in [-0.2, 0) is 4.74 Å². The van der Waals surface area contributed by atoms with Gasteiger partial charge in [-0.1, -0.05) is 0 Å². The van der Waals surface area contributed by atoms with Crippen LogP contribution in [0.2, 0.25) is 0 Å². The van der Waals surface area contributed by atoms with Crippen LogP contribution >= 0.6 is 0 Å². The molecular weight excluding hydrogens is 262 g/mol. The summed E-state index contributed by atoms with van der Waals surface area (Å²) >= 11 is 0. The maximum Gasteiger partial charge on any atom is 0.253 e. The number of carbonyl (C=O) groups excluding carboxylic acids is 1. The van der Waals surface area contributed by atoms with Crippen molar-refractivity contribution in [3.8, 4) is 11.5 Å². The molecule has 1 rings (SSSR count). The highest BCUT2D eigenvalue weighted by atomic mass is 16.5. The van der Waals surface area contributed by atoms with Crippen LogP contribution < -0.4 is 9.47 Å². The molecule has 20 heavy (non-hydrogen) atoms. The Bertz CT molecular complexity index is 427. The van der Waals surface area contributed by atoms with Crippen molar-refractivity contribution in [1.29, 1.82) is 0 Å². The van der Waals surface area contributed by atoms with E-state index in [1.165, 1.54) is 26.2 Å². The minimum atomic E-state index is -0.721. The summed E-state index contributed by atoms with van der Waals surface area (Å²) < 4.78 is 15.1. The molecule has 1 N–H and O–H groups in total. The Hall–Kier alpha value is -1.79. The minimum Gasteiger partial charge on any atom is -0.497 e. The molecule has 6 heteroatoms. The fraction of sp³-hybridized carbons (Fsp3) is 0.500. The molecule has 0 aliphatic rings. The third kappa shape index (κ3) is 4.40. The lowest BCUT2D eigenvalue weighted by atomic mass is 10.1. The molecule has 1 aromatic rings. The van der Waals surface area contributed by atoms with Gasteiger partial charge in [0.2, 0.25) is 0 Å². The van der Waals surface area contributed by atoms with Crippen molar-refractivity contribution in [3.63, 3.8) is 0 Å². The average molecular weight is 283 g/mol. The lowest BCUT2D eigenvalue weighted by Crippen LogP contribution is -2.36. The number of rotatable bonds is 7. The summed E-state index contributed by atoms with van der Waals surface area (Å²) in [7, 11) is 6.16. The van der Waals surface area contributed by atoms with Crippen molar-refractivity contribution in [1.82, 2.24) is 4.90 Å². The van der Waals surface area contributed by atoms with E-state index in [4.69, 9.17) is 14.2 Å². The molecule has 0 fully saturated rings. The molecule has 0 saturated heterocycles. The Labute approximate surface area is 118 Å². The fourth-order valence-electron chi connectivity index (χ4n) is 1.80. The van der Waals surface area contributed by atoms with E-state index in [9.17, 15) is 9.90 Å². The third-order valence-corrected chi connectivity index (χ3v) is 2.79. The van der Waals surface area contributed by atoms with Crippen LogP contribution in [0.5, 0.6) is 11.5 Å². The van der Waals surface area contributed by atoms with Gasteiger partial charge in [0.15, 0.2) is 0 Å². The minimum absolute atomic E-state index is 0.180. The predicted molar refractivity (Wildman–Crippen MR) is 74.4 cm³/mol. The number of ether oxygens (including phenoxy) is 3. The van der Waals surface area contributed by atoms with Gasteiger partial charge < -0.3 is 24.2 Å². The maximum atomic E-state index is 12.3. The molecule has 0 spiro atoms. The standard InChI is InChI=1S/C14H21NO5/c1-15(8-11(16)9-18-2)14(17)10-5-12(19-3)7-13(6-10)20-4/h5-7,11,16H,8-9H2,1-4H3. The zero-order valence-corrected chi connectivity index (χ0v) is 12.3. The van der Waals surface area contributed by atoms with Gasteiger partial charge in [-0.2, -0.15) is 0 Å². The molecule has 0 aliphatic carbocycles. The SMILES string of the molecule is COCC(O)CN(C)C(=O)c1cc(OC)cc(OC)c1. The number of methoxy groups -OCH3 is 3. The summed E-state index contributed by atoms with van der Waals surface area (Å²) in [6.45, 7) is 0.366. The zero-order valence-electron chi connectivity index (χ0n) is 12.3. The molecule has 112 valence electrons. The van der Waals surface area contributed by atoms with Gasteiger partial charge in [-0.25, -0.2) is 0 Å². The Balaban J connectivity index is 2.85. The quantitative estimate of drug-likeness (QED) is 0.801. The van der Waals surface area contributed by atoms with Gasteiger partial charge in [-0.15, -0.1) is 0 Å². The van der Waals surface area contributed by atoms with E-state index in [-0.39, 0.29) is 19.1 Å². The number of amides is 1. The molecule has 0 bridgehead atoms. The molecule has 0 heterocycles. The summed E-state index contributed by atoms with van der Waals surface area (Å²) in [5, 5.41) is 9.65. The first-order chi connectivity index (χ1) is 9.51. The number of likely N-dealkylation sites (N-methyl/N-ethyl adjacent to an activating group) is 1.